The SMILES string of the molecule is COc1ccc(N2CCN(C(=O)CCN(CCCN3CCOCC3)C(=O)c3cnccn3)CC2)cc1. The first-order valence-electron chi connectivity index (χ1n) is 12.7. The Kier molecular flexibility index (Phi) is 9.46. The molecule has 0 atom stereocenters. The summed E-state index contributed by atoms with van der Waals surface area (Å²) >= 11 is 0. The van der Waals surface area contributed by atoms with E-state index in [0.717, 1.165) is 63.8 Å². The van der Waals surface area contributed by atoms with Crippen LogP contribution in [0.1, 0.15) is 23.3 Å². The lowest BCUT2D eigenvalue weighted by molar-refractivity contribution is -0.131. The molecule has 2 saturated heterocycles. The number of ether oxygens (including phenoxy) is 2. The summed E-state index contributed by atoms with van der Waals surface area (Å²) in [5, 5.41) is 0. The number of amides is 2. The summed E-state index contributed by atoms with van der Waals surface area (Å²) < 4.78 is 10.7. The van der Waals surface area contributed by atoms with Crippen LogP contribution in [-0.2, 0) is 9.53 Å². The second-order valence-electron chi connectivity index (χ2n) is 9.01. The third kappa shape index (κ3) is 7.14. The van der Waals surface area contributed by atoms with Gasteiger partial charge in [-0.3, -0.25) is 19.5 Å². The molecule has 2 amide bonds. The minimum atomic E-state index is -0.179. The van der Waals surface area contributed by atoms with Crippen LogP contribution in [0.4, 0.5) is 5.69 Å². The first kappa shape index (κ1) is 25.8. The maximum absolute atomic E-state index is 13.1. The lowest BCUT2D eigenvalue weighted by atomic mass is 10.2. The van der Waals surface area contributed by atoms with Crippen molar-refractivity contribution in [1.82, 2.24) is 24.7 Å². The molecule has 2 aromatic rings. The summed E-state index contributed by atoms with van der Waals surface area (Å²) in [7, 11) is 1.66. The van der Waals surface area contributed by atoms with Crippen molar-refractivity contribution in [1.29, 1.82) is 0 Å². The molecule has 0 radical (unpaired) electrons. The van der Waals surface area contributed by atoms with Crippen molar-refractivity contribution in [2.45, 2.75) is 12.8 Å². The Morgan fingerprint density at radius 3 is 2.42 bits per heavy atom. The number of rotatable bonds is 10. The molecular formula is C26H36N6O4. The second kappa shape index (κ2) is 13.2. The molecule has 3 heterocycles. The molecular weight excluding hydrogens is 460 g/mol. The Morgan fingerprint density at radius 2 is 1.75 bits per heavy atom. The van der Waals surface area contributed by atoms with Gasteiger partial charge in [0.1, 0.15) is 11.4 Å². The number of methoxy groups -OCH3 is 1. The predicted molar refractivity (Wildman–Crippen MR) is 136 cm³/mol. The standard InChI is InChI=1S/C26H36N6O4/c1-35-23-5-3-22(4-6-23)30-13-15-31(16-14-30)25(33)7-12-32(26(34)24-21-27-8-9-28-24)11-2-10-29-17-19-36-20-18-29/h3-6,8-9,21H,2,7,10-20H2,1H3. The summed E-state index contributed by atoms with van der Waals surface area (Å²) in [6.07, 6.45) is 5.69. The number of hydrogen-bond donors (Lipinski definition) is 0. The topological polar surface area (TPSA) is 91.3 Å². The van der Waals surface area contributed by atoms with E-state index >= 15 is 0 Å². The number of piperazine rings is 1. The molecule has 10 nitrogen and oxygen atoms in total. The summed E-state index contributed by atoms with van der Waals surface area (Å²) in [6, 6.07) is 8.00. The highest BCUT2D eigenvalue weighted by Gasteiger charge is 2.24. The van der Waals surface area contributed by atoms with E-state index in [1.54, 1.807) is 18.2 Å². The smallest absolute Gasteiger partial charge is 0.274 e. The van der Waals surface area contributed by atoms with Crippen molar-refractivity contribution in [3.05, 3.63) is 48.5 Å². The van der Waals surface area contributed by atoms with Gasteiger partial charge in [-0.05, 0) is 30.7 Å². The van der Waals surface area contributed by atoms with Crippen LogP contribution in [-0.4, -0.2) is 116 Å². The Hall–Kier alpha value is -3.24. The van der Waals surface area contributed by atoms with E-state index in [4.69, 9.17) is 9.47 Å². The van der Waals surface area contributed by atoms with Crippen molar-refractivity contribution >= 4 is 17.5 Å². The van der Waals surface area contributed by atoms with E-state index in [2.05, 4.69) is 19.8 Å². The highest BCUT2D eigenvalue weighted by molar-refractivity contribution is 5.92. The maximum Gasteiger partial charge on any atom is 0.274 e. The van der Waals surface area contributed by atoms with E-state index in [-0.39, 0.29) is 11.8 Å². The first-order valence-corrected chi connectivity index (χ1v) is 12.7. The average molecular weight is 497 g/mol. The van der Waals surface area contributed by atoms with Crippen LogP contribution < -0.4 is 9.64 Å². The van der Waals surface area contributed by atoms with E-state index in [0.29, 0.717) is 38.3 Å². The van der Waals surface area contributed by atoms with Crippen LogP contribution in [0.15, 0.2) is 42.9 Å². The van der Waals surface area contributed by atoms with Crippen molar-refractivity contribution < 1.29 is 19.1 Å². The molecule has 1 aromatic carbocycles. The zero-order chi connectivity index (χ0) is 25.2. The first-order chi connectivity index (χ1) is 17.6. The molecule has 0 aliphatic carbocycles. The number of hydrogen-bond acceptors (Lipinski definition) is 8. The van der Waals surface area contributed by atoms with Crippen LogP contribution in [0.2, 0.25) is 0 Å². The third-order valence-electron chi connectivity index (χ3n) is 6.74. The van der Waals surface area contributed by atoms with Crippen molar-refractivity contribution in [2.24, 2.45) is 0 Å². The summed E-state index contributed by atoms with van der Waals surface area (Å²) in [5.41, 5.74) is 1.44. The van der Waals surface area contributed by atoms with Gasteiger partial charge < -0.3 is 24.2 Å². The Morgan fingerprint density at radius 1 is 1.00 bits per heavy atom. The molecule has 0 saturated carbocycles. The number of carbonyl (C=O) groups excluding carboxylic acids is 2. The number of morpholine rings is 1. The summed E-state index contributed by atoms with van der Waals surface area (Å²) in [5.74, 6) is 0.731. The molecule has 4 rings (SSSR count). The zero-order valence-electron chi connectivity index (χ0n) is 21.1. The maximum atomic E-state index is 13.1. The van der Waals surface area contributed by atoms with Crippen molar-refractivity contribution in [3.8, 4) is 5.75 Å². The zero-order valence-corrected chi connectivity index (χ0v) is 21.1. The molecule has 1 aromatic heterocycles. The molecule has 36 heavy (non-hydrogen) atoms. The predicted octanol–water partition coefficient (Wildman–Crippen LogP) is 1.39. The van der Waals surface area contributed by atoms with Gasteiger partial charge in [-0.15, -0.1) is 0 Å². The third-order valence-corrected chi connectivity index (χ3v) is 6.74. The van der Waals surface area contributed by atoms with Gasteiger partial charge in [0.25, 0.3) is 5.91 Å². The van der Waals surface area contributed by atoms with Crippen molar-refractivity contribution in [3.63, 3.8) is 0 Å². The molecule has 0 spiro atoms. The van der Waals surface area contributed by atoms with Gasteiger partial charge in [0, 0.05) is 83.4 Å². The molecule has 0 N–H and O–H groups in total. The summed E-state index contributed by atoms with van der Waals surface area (Å²) in [6.45, 7) is 8.07. The Balaban J connectivity index is 1.28. The fourth-order valence-corrected chi connectivity index (χ4v) is 4.59. The molecule has 0 bridgehead atoms. The minimum Gasteiger partial charge on any atom is -0.497 e. The lowest BCUT2D eigenvalue weighted by Crippen LogP contribution is -2.49. The van der Waals surface area contributed by atoms with Gasteiger partial charge >= 0.3 is 0 Å². The molecule has 2 aliphatic heterocycles. The van der Waals surface area contributed by atoms with E-state index in [9.17, 15) is 9.59 Å². The lowest BCUT2D eigenvalue weighted by Gasteiger charge is -2.36. The monoisotopic (exact) mass is 496 g/mol. The van der Waals surface area contributed by atoms with Gasteiger partial charge in [0.15, 0.2) is 0 Å². The Bertz CT molecular complexity index is 960. The van der Waals surface area contributed by atoms with Gasteiger partial charge in [-0.25, -0.2) is 4.98 Å². The van der Waals surface area contributed by atoms with Gasteiger partial charge in [0.2, 0.25) is 5.91 Å². The molecule has 0 unspecified atom stereocenters. The van der Waals surface area contributed by atoms with Crippen LogP contribution in [0, 0.1) is 0 Å². The van der Waals surface area contributed by atoms with Crippen LogP contribution in [0.3, 0.4) is 0 Å². The van der Waals surface area contributed by atoms with E-state index < -0.39 is 0 Å². The Labute approximate surface area is 212 Å². The second-order valence-corrected chi connectivity index (χ2v) is 9.01. The van der Waals surface area contributed by atoms with Crippen molar-refractivity contribution in [2.75, 3.05) is 84.1 Å². The number of carbonyl (C=O) groups is 2. The molecule has 2 fully saturated rings. The highest BCUT2D eigenvalue weighted by atomic mass is 16.5. The van der Waals surface area contributed by atoms with Crippen LogP contribution >= 0.6 is 0 Å². The average Bonchev–Trinajstić information content (AvgIpc) is 2.95. The molecule has 194 valence electrons. The number of aromatic nitrogens is 2. The quantitative estimate of drug-likeness (QED) is 0.488. The number of benzene rings is 1. The molecule has 10 heteroatoms. The van der Waals surface area contributed by atoms with Crippen LogP contribution in [0.5, 0.6) is 5.75 Å². The normalized spacial score (nSPS) is 16.6. The van der Waals surface area contributed by atoms with Gasteiger partial charge in [-0.2, -0.15) is 0 Å². The molecule has 2 aliphatic rings. The van der Waals surface area contributed by atoms with E-state index in [1.807, 2.05) is 29.2 Å². The largest absolute Gasteiger partial charge is 0.497 e. The fourth-order valence-electron chi connectivity index (χ4n) is 4.59. The van der Waals surface area contributed by atoms with Crippen LogP contribution in [0.25, 0.3) is 0 Å². The number of nitrogens with zero attached hydrogens (tertiary/aromatic N) is 6. The summed E-state index contributed by atoms with van der Waals surface area (Å²) in [4.78, 5) is 42.6. The number of anilines is 1. The van der Waals surface area contributed by atoms with Gasteiger partial charge in [-0.1, -0.05) is 0 Å². The highest BCUT2D eigenvalue weighted by Crippen LogP contribution is 2.20. The minimum absolute atomic E-state index is 0.0782. The van der Waals surface area contributed by atoms with E-state index in [1.165, 1.54) is 12.4 Å². The van der Waals surface area contributed by atoms with Gasteiger partial charge in [0.05, 0.1) is 26.5 Å². The fraction of sp³-hybridized carbons (Fsp3) is 0.538.